The number of carbonyl (C=O) groups is 1. The van der Waals surface area contributed by atoms with Gasteiger partial charge in [-0.25, -0.2) is 9.07 Å². The molecule has 0 spiro atoms. The van der Waals surface area contributed by atoms with E-state index < -0.39 is 17.3 Å². The molecule has 0 amide bonds. The maximum absolute atomic E-state index is 14.3. The van der Waals surface area contributed by atoms with E-state index in [1.165, 1.54) is 19.2 Å². The predicted molar refractivity (Wildman–Crippen MR) is 88.1 cm³/mol. The van der Waals surface area contributed by atoms with Gasteiger partial charge in [-0.05, 0) is 35.0 Å². The lowest BCUT2D eigenvalue weighted by molar-refractivity contribution is -0.141. The summed E-state index contributed by atoms with van der Waals surface area (Å²) in [6.45, 7) is 1.52. The second-order valence-electron chi connectivity index (χ2n) is 4.32. The number of alkyl halides is 1. The first-order valence-corrected chi connectivity index (χ1v) is 8.00. The van der Waals surface area contributed by atoms with Gasteiger partial charge in [0.25, 0.3) is 5.56 Å². The Morgan fingerprint density at radius 2 is 2.24 bits per heavy atom. The van der Waals surface area contributed by atoms with Crippen molar-refractivity contribution in [3.63, 3.8) is 0 Å². The smallest absolute Gasteiger partial charge is 0.327 e. The van der Waals surface area contributed by atoms with E-state index >= 15 is 0 Å². The van der Waals surface area contributed by atoms with Crippen LogP contribution < -0.4 is 5.56 Å². The highest BCUT2D eigenvalue weighted by atomic mass is 127. The molecular formula is C13H11BrFIN2O3. The highest BCUT2D eigenvalue weighted by Crippen LogP contribution is 2.31. The van der Waals surface area contributed by atoms with Crippen LogP contribution in [-0.2, 0) is 16.1 Å². The number of rotatable bonds is 3. The Morgan fingerprint density at radius 3 is 2.81 bits per heavy atom. The van der Waals surface area contributed by atoms with E-state index in [0.29, 0.717) is 5.69 Å². The number of fused-ring (bicyclic) bond motifs is 1. The molecule has 0 aliphatic carbocycles. The fourth-order valence-corrected chi connectivity index (χ4v) is 2.68. The summed E-state index contributed by atoms with van der Waals surface area (Å²) < 4.78 is 20.0. The lowest BCUT2D eigenvalue weighted by Gasteiger charge is -2.13. The average Bonchev–Trinajstić information content (AvgIpc) is 2.45. The van der Waals surface area contributed by atoms with Crippen LogP contribution in [-0.4, -0.2) is 22.9 Å². The number of nitrogens with zero attached hydrogens (tertiary/aromatic N) is 2. The van der Waals surface area contributed by atoms with Crippen molar-refractivity contribution in [2.45, 2.75) is 17.4 Å². The third-order valence-electron chi connectivity index (χ3n) is 2.93. The van der Waals surface area contributed by atoms with Gasteiger partial charge in [-0.3, -0.25) is 9.59 Å². The Balaban J connectivity index is 2.82. The summed E-state index contributed by atoms with van der Waals surface area (Å²) in [7, 11) is 1.23. The summed E-state index contributed by atoms with van der Waals surface area (Å²) in [6, 6.07) is 2.98. The number of carbonyl (C=O) groups excluding carboxylic acids is 1. The lowest BCUT2D eigenvalue weighted by Crippen LogP contribution is -2.29. The molecule has 5 nitrogen and oxygen atoms in total. The van der Waals surface area contributed by atoms with E-state index in [0.717, 1.165) is 4.68 Å². The first kappa shape index (κ1) is 16.3. The van der Waals surface area contributed by atoms with E-state index in [2.05, 4.69) is 48.4 Å². The fraction of sp³-hybridized carbons (Fsp3) is 0.308. The molecule has 2 rings (SSSR count). The quantitative estimate of drug-likeness (QED) is 0.394. The summed E-state index contributed by atoms with van der Waals surface area (Å²) in [5.74, 6) is -1.12. The maximum atomic E-state index is 14.3. The van der Waals surface area contributed by atoms with E-state index in [-0.39, 0.29) is 25.7 Å². The van der Waals surface area contributed by atoms with Gasteiger partial charge >= 0.3 is 5.97 Å². The van der Waals surface area contributed by atoms with Gasteiger partial charge in [0.1, 0.15) is 12.4 Å². The number of esters is 1. The molecule has 0 N–H and O–H groups in total. The van der Waals surface area contributed by atoms with Crippen molar-refractivity contribution >= 4 is 55.3 Å². The molecule has 1 heterocycles. The standard InChI is InChI=1S/C13H11BrFIN2O3/c1-6(16)12-10-7(3-4-8(14)11(10)15)13(20)18(17-12)5-9(19)21-2/h3-4,6H,5H2,1-2H3. The Morgan fingerprint density at radius 1 is 1.57 bits per heavy atom. The molecule has 1 atom stereocenters. The van der Waals surface area contributed by atoms with E-state index in [4.69, 9.17) is 0 Å². The summed E-state index contributed by atoms with van der Waals surface area (Å²) in [5, 5.41) is 4.49. The van der Waals surface area contributed by atoms with Crippen molar-refractivity contribution < 1.29 is 13.9 Å². The minimum absolute atomic E-state index is 0.140. The summed E-state index contributed by atoms with van der Waals surface area (Å²) in [5.41, 5.74) is -0.115. The predicted octanol–water partition coefficient (Wildman–Crippen LogP) is 2.97. The number of halogens is 3. The summed E-state index contributed by atoms with van der Waals surface area (Å²) in [4.78, 5) is 23.7. The Hall–Kier alpha value is -1.03. The van der Waals surface area contributed by atoms with Crippen LogP contribution in [0.25, 0.3) is 10.8 Å². The monoisotopic (exact) mass is 468 g/mol. The molecule has 2 aromatic rings. The molecule has 8 heteroatoms. The second-order valence-corrected chi connectivity index (χ2v) is 7.05. The van der Waals surface area contributed by atoms with E-state index in [1.54, 1.807) is 0 Å². The van der Waals surface area contributed by atoms with Crippen molar-refractivity contribution in [2.75, 3.05) is 7.11 Å². The van der Waals surface area contributed by atoms with Crippen molar-refractivity contribution in [3.05, 3.63) is 38.5 Å². The van der Waals surface area contributed by atoms with Crippen LogP contribution in [0.15, 0.2) is 21.4 Å². The number of methoxy groups -OCH3 is 1. The summed E-state index contributed by atoms with van der Waals surface area (Å²) >= 11 is 5.19. The third kappa shape index (κ3) is 3.10. The molecule has 0 fully saturated rings. The molecule has 0 saturated heterocycles. The van der Waals surface area contributed by atoms with Crippen LogP contribution in [0.5, 0.6) is 0 Å². The van der Waals surface area contributed by atoms with E-state index in [9.17, 15) is 14.0 Å². The van der Waals surface area contributed by atoms with Gasteiger partial charge in [0.15, 0.2) is 0 Å². The Kier molecular flexibility index (Phi) is 4.97. The lowest BCUT2D eigenvalue weighted by atomic mass is 10.1. The Labute approximate surface area is 141 Å². The molecule has 0 aliphatic heterocycles. The number of aromatic nitrogens is 2. The molecular weight excluding hydrogens is 458 g/mol. The fourth-order valence-electron chi connectivity index (χ4n) is 1.92. The second kappa shape index (κ2) is 6.39. The van der Waals surface area contributed by atoms with Gasteiger partial charge in [0, 0.05) is 5.39 Å². The van der Waals surface area contributed by atoms with Crippen molar-refractivity contribution in [1.82, 2.24) is 9.78 Å². The average molecular weight is 469 g/mol. The van der Waals surface area contributed by atoms with Gasteiger partial charge in [-0.15, -0.1) is 0 Å². The number of benzene rings is 1. The van der Waals surface area contributed by atoms with Crippen LogP contribution in [0.4, 0.5) is 4.39 Å². The Bertz CT molecular complexity index is 776. The van der Waals surface area contributed by atoms with Crippen molar-refractivity contribution in [3.8, 4) is 0 Å². The molecule has 0 aliphatic rings. The third-order valence-corrected chi connectivity index (χ3v) is 4.13. The molecule has 21 heavy (non-hydrogen) atoms. The molecule has 1 aromatic heterocycles. The van der Waals surface area contributed by atoms with Gasteiger partial charge in [-0.2, -0.15) is 5.10 Å². The number of hydrogen-bond acceptors (Lipinski definition) is 4. The normalized spacial score (nSPS) is 12.4. The van der Waals surface area contributed by atoms with Crippen LogP contribution in [0.1, 0.15) is 16.5 Å². The summed E-state index contributed by atoms with van der Waals surface area (Å²) in [6.07, 6.45) is 0. The molecule has 0 saturated carbocycles. The van der Waals surface area contributed by atoms with Crippen LogP contribution in [0.2, 0.25) is 0 Å². The van der Waals surface area contributed by atoms with Crippen LogP contribution >= 0.6 is 38.5 Å². The topological polar surface area (TPSA) is 61.2 Å². The molecule has 1 aromatic carbocycles. The van der Waals surface area contributed by atoms with Gasteiger partial charge in [0.05, 0.1) is 26.6 Å². The maximum Gasteiger partial charge on any atom is 0.327 e. The molecule has 0 bridgehead atoms. The SMILES string of the molecule is COC(=O)Cn1nc(C(C)I)c2c(F)c(Br)ccc2c1=O. The molecule has 112 valence electrons. The van der Waals surface area contributed by atoms with Crippen molar-refractivity contribution in [1.29, 1.82) is 0 Å². The van der Waals surface area contributed by atoms with Crippen LogP contribution in [0.3, 0.4) is 0 Å². The number of ether oxygens (including phenoxy) is 1. The first-order valence-electron chi connectivity index (χ1n) is 5.96. The zero-order valence-electron chi connectivity index (χ0n) is 11.2. The zero-order valence-corrected chi connectivity index (χ0v) is 14.9. The number of hydrogen-bond donors (Lipinski definition) is 0. The van der Waals surface area contributed by atoms with Gasteiger partial charge < -0.3 is 4.74 Å². The molecule has 0 radical (unpaired) electrons. The minimum atomic E-state index is -0.589. The van der Waals surface area contributed by atoms with Gasteiger partial charge in [0.2, 0.25) is 0 Å². The van der Waals surface area contributed by atoms with E-state index in [1.807, 2.05) is 6.92 Å². The minimum Gasteiger partial charge on any atom is -0.468 e. The van der Waals surface area contributed by atoms with Gasteiger partial charge in [-0.1, -0.05) is 22.6 Å². The molecule has 1 unspecified atom stereocenters. The first-order chi connectivity index (χ1) is 9.86. The highest BCUT2D eigenvalue weighted by molar-refractivity contribution is 14.1. The highest BCUT2D eigenvalue weighted by Gasteiger charge is 2.20. The van der Waals surface area contributed by atoms with Crippen LogP contribution in [0, 0.1) is 5.82 Å². The largest absolute Gasteiger partial charge is 0.468 e. The zero-order chi connectivity index (χ0) is 15.7. The van der Waals surface area contributed by atoms with Crippen molar-refractivity contribution in [2.24, 2.45) is 0 Å².